The molecule has 4 nitrogen and oxygen atoms in total. The maximum absolute atomic E-state index is 12.0. The minimum Gasteiger partial charge on any atom is -0.379 e. The molecule has 1 aliphatic heterocycles. The Morgan fingerprint density at radius 2 is 2.05 bits per heavy atom. The fourth-order valence-corrected chi connectivity index (χ4v) is 3.10. The molecule has 110 valence electrons. The van der Waals surface area contributed by atoms with Crippen LogP contribution in [0.1, 0.15) is 32.1 Å². The van der Waals surface area contributed by atoms with Crippen molar-refractivity contribution < 1.29 is 9.53 Å². The molecule has 3 fully saturated rings. The van der Waals surface area contributed by atoms with Crippen molar-refractivity contribution in [2.75, 3.05) is 32.8 Å². The van der Waals surface area contributed by atoms with Crippen LogP contribution >= 0.6 is 12.4 Å². The van der Waals surface area contributed by atoms with Gasteiger partial charge in [-0.2, -0.15) is 0 Å². The first-order valence-electron chi connectivity index (χ1n) is 7.36. The number of nitrogens with one attached hydrogen (secondary N) is 2. The van der Waals surface area contributed by atoms with E-state index in [4.69, 9.17) is 4.74 Å². The predicted molar refractivity (Wildman–Crippen MR) is 76.4 cm³/mol. The molecule has 0 aromatic heterocycles. The van der Waals surface area contributed by atoms with Gasteiger partial charge in [0.2, 0.25) is 5.91 Å². The van der Waals surface area contributed by atoms with Gasteiger partial charge in [0.25, 0.3) is 0 Å². The van der Waals surface area contributed by atoms with Crippen LogP contribution in [0.15, 0.2) is 0 Å². The van der Waals surface area contributed by atoms with Gasteiger partial charge in [-0.1, -0.05) is 0 Å². The second-order valence-corrected chi connectivity index (χ2v) is 6.18. The van der Waals surface area contributed by atoms with E-state index in [-0.39, 0.29) is 24.2 Å². The quantitative estimate of drug-likeness (QED) is 0.725. The van der Waals surface area contributed by atoms with Crippen LogP contribution in [0.5, 0.6) is 0 Å². The minimum absolute atomic E-state index is 0. The lowest BCUT2D eigenvalue weighted by molar-refractivity contribution is -0.123. The van der Waals surface area contributed by atoms with Crippen LogP contribution in [-0.2, 0) is 9.53 Å². The molecule has 1 spiro atoms. The summed E-state index contributed by atoms with van der Waals surface area (Å²) in [6, 6.07) is 0. The maximum atomic E-state index is 12.0. The lowest BCUT2D eigenvalue weighted by Crippen LogP contribution is -2.34. The maximum Gasteiger partial charge on any atom is 0.223 e. The molecule has 2 saturated carbocycles. The largest absolute Gasteiger partial charge is 0.379 e. The van der Waals surface area contributed by atoms with Crippen LogP contribution in [0.4, 0.5) is 0 Å². The molecule has 1 amide bonds. The lowest BCUT2D eigenvalue weighted by Gasteiger charge is -2.23. The summed E-state index contributed by atoms with van der Waals surface area (Å²) in [6.45, 7) is 4.39. The second-order valence-electron chi connectivity index (χ2n) is 6.18. The van der Waals surface area contributed by atoms with E-state index in [0.717, 1.165) is 32.0 Å². The standard InChI is InChI=1S/C14H24N2O2.ClH/c17-13(16-7-8-18-10-11-1-2-11)12-9-14(12)3-5-15-6-4-14;/h11-12,15H,1-10H2,(H,16,17);1H. The minimum atomic E-state index is 0. The third-order valence-corrected chi connectivity index (χ3v) is 4.70. The summed E-state index contributed by atoms with van der Waals surface area (Å²) in [4.78, 5) is 12.0. The Hall–Kier alpha value is -0.320. The number of hydrogen-bond donors (Lipinski definition) is 2. The molecule has 0 aromatic carbocycles. The zero-order chi connectivity index (χ0) is 12.4. The normalized spacial score (nSPS) is 27.7. The highest BCUT2D eigenvalue weighted by Gasteiger charge is 2.57. The number of halogens is 1. The van der Waals surface area contributed by atoms with Crippen molar-refractivity contribution in [2.24, 2.45) is 17.3 Å². The molecule has 19 heavy (non-hydrogen) atoms. The average molecular weight is 289 g/mol. The molecule has 0 bridgehead atoms. The highest BCUT2D eigenvalue weighted by molar-refractivity contribution is 5.85. The summed E-state index contributed by atoms with van der Waals surface area (Å²) in [5.41, 5.74) is 0.351. The lowest BCUT2D eigenvalue weighted by atomic mass is 9.92. The SMILES string of the molecule is Cl.O=C(NCCOCC1CC1)C1CC12CCNCC2. The van der Waals surface area contributed by atoms with Crippen molar-refractivity contribution in [3.8, 4) is 0 Å². The molecule has 1 atom stereocenters. The molecule has 2 aliphatic carbocycles. The van der Waals surface area contributed by atoms with E-state index in [9.17, 15) is 4.79 Å². The first-order chi connectivity index (χ1) is 8.80. The van der Waals surface area contributed by atoms with E-state index >= 15 is 0 Å². The van der Waals surface area contributed by atoms with Crippen LogP contribution in [0, 0.1) is 17.3 Å². The van der Waals surface area contributed by atoms with Crippen molar-refractivity contribution in [2.45, 2.75) is 32.1 Å². The number of rotatable bonds is 6. The first kappa shape index (κ1) is 15.1. The molecule has 0 aromatic rings. The molecule has 1 saturated heterocycles. The summed E-state index contributed by atoms with van der Waals surface area (Å²) in [5.74, 6) is 1.34. The van der Waals surface area contributed by atoms with Crippen molar-refractivity contribution in [1.29, 1.82) is 0 Å². The van der Waals surface area contributed by atoms with E-state index in [2.05, 4.69) is 10.6 Å². The molecule has 0 radical (unpaired) electrons. The highest BCUT2D eigenvalue weighted by Crippen LogP contribution is 2.58. The average Bonchev–Trinajstić information content (AvgIpc) is 3.28. The number of carbonyl (C=O) groups excluding carboxylic acids is 1. The smallest absolute Gasteiger partial charge is 0.223 e. The number of piperidine rings is 1. The molecule has 1 unspecified atom stereocenters. The molecule has 3 rings (SSSR count). The van der Waals surface area contributed by atoms with Gasteiger partial charge in [-0.05, 0) is 56.5 Å². The fourth-order valence-electron chi connectivity index (χ4n) is 3.10. The van der Waals surface area contributed by atoms with Gasteiger partial charge in [0.15, 0.2) is 0 Å². The Kier molecular flexibility index (Phi) is 5.09. The summed E-state index contributed by atoms with van der Waals surface area (Å²) < 4.78 is 5.52. The van der Waals surface area contributed by atoms with E-state index in [1.165, 1.54) is 25.7 Å². The van der Waals surface area contributed by atoms with Crippen LogP contribution < -0.4 is 10.6 Å². The molecule has 1 heterocycles. The van der Waals surface area contributed by atoms with Crippen molar-refractivity contribution in [1.82, 2.24) is 10.6 Å². The third kappa shape index (κ3) is 3.83. The van der Waals surface area contributed by atoms with Crippen molar-refractivity contribution in [3.05, 3.63) is 0 Å². The number of carbonyl (C=O) groups is 1. The number of ether oxygens (including phenoxy) is 1. The fraction of sp³-hybridized carbons (Fsp3) is 0.929. The van der Waals surface area contributed by atoms with Gasteiger partial charge in [-0.15, -0.1) is 12.4 Å². The number of amides is 1. The van der Waals surface area contributed by atoms with Crippen molar-refractivity contribution in [3.63, 3.8) is 0 Å². The van der Waals surface area contributed by atoms with E-state index < -0.39 is 0 Å². The topological polar surface area (TPSA) is 50.4 Å². The predicted octanol–water partition coefficient (Wildman–Crippen LogP) is 1.34. The van der Waals surface area contributed by atoms with Gasteiger partial charge in [0.05, 0.1) is 6.61 Å². The zero-order valence-corrected chi connectivity index (χ0v) is 12.3. The number of hydrogen-bond acceptors (Lipinski definition) is 3. The van der Waals surface area contributed by atoms with Crippen LogP contribution in [0.25, 0.3) is 0 Å². The summed E-state index contributed by atoms with van der Waals surface area (Å²) >= 11 is 0. The third-order valence-electron chi connectivity index (χ3n) is 4.70. The van der Waals surface area contributed by atoms with E-state index in [1.807, 2.05) is 0 Å². The summed E-state index contributed by atoms with van der Waals surface area (Å²) in [6.07, 6.45) is 6.09. The Labute approximate surface area is 121 Å². The monoisotopic (exact) mass is 288 g/mol. The van der Waals surface area contributed by atoms with Gasteiger partial charge in [-0.3, -0.25) is 4.79 Å². The molecule has 3 aliphatic rings. The molecular formula is C14H25ClN2O2. The zero-order valence-electron chi connectivity index (χ0n) is 11.5. The Morgan fingerprint density at radius 3 is 2.74 bits per heavy atom. The first-order valence-corrected chi connectivity index (χ1v) is 7.36. The summed E-state index contributed by atoms with van der Waals surface area (Å²) in [5, 5.41) is 6.39. The van der Waals surface area contributed by atoms with Gasteiger partial charge in [-0.25, -0.2) is 0 Å². The van der Waals surface area contributed by atoms with E-state index in [1.54, 1.807) is 0 Å². The van der Waals surface area contributed by atoms with Crippen molar-refractivity contribution >= 4 is 18.3 Å². The second kappa shape index (κ2) is 6.42. The van der Waals surface area contributed by atoms with Gasteiger partial charge >= 0.3 is 0 Å². The van der Waals surface area contributed by atoms with E-state index in [0.29, 0.717) is 18.6 Å². The summed E-state index contributed by atoms with van der Waals surface area (Å²) in [7, 11) is 0. The van der Waals surface area contributed by atoms with Gasteiger partial charge in [0.1, 0.15) is 0 Å². The van der Waals surface area contributed by atoms with Crippen LogP contribution in [0.2, 0.25) is 0 Å². The van der Waals surface area contributed by atoms with Gasteiger partial charge in [0, 0.05) is 19.1 Å². The Morgan fingerprint density at radius 1 is 1.32 bits per heavy atom. The van der Waals surface area contributed by atoms with Crippen LogP contribution in [-0.4, -0.2) is 38.8 Å². The Bertz CT molecular complexity index is 315. The highest BCUT2D eigenvalue weighted by atomic mass is 35.5. The Balaban J connectivity index is 0.00000133. The molecule has 5 heteroatoms. The molecular weight excluding hydrogens is 264 g/mol. The molecule has 2 N–H and O–H groups in total. The van der Waals surface area contributed by atoms with Crippen LogP contribution in [0.3, 0.4) is 0 Å². The van der Waals surface area contributed by atoms with Gasteiger partial charge < -0.3 is 15.4 Å².